The van der Waals surface area contributed by atoms with Crippen LogP contribution in [0, 0.1) is 0 Å². The minimum atomic E-state index is -0.943. The number of benzene rings is 1. The van der Waals surface area contributed by atoms with Gasteiger partial charge in [-0.3, -0.25) is 14.4 Å². The van der Waals surface area contributed by atoms with Crippen molar-refractivity contribution in [1.82, 2.24) is 10.2 Å². The molecule has 1 aromatic carbocycles. The number of carboxylic acids is 1. The van der Waals surface area contributed by atoms with E-state index in [0.29, 0.717) is 17.2 Å². The first-order valence-corrected chi connectivity index (χ1v) is 6.85. The monoisotopic (exact) mass is 290 g/mol. The molecule has 0 spiro atoms. The van der Waals surface area contributed by atoms with Gasteiger partial charge in [0.2, 0.25) is 0 Å². The van der Waals surface area contributed by atoms with E-state index in [4.69, 9.17) is 5.11 Å². The molecule has 0 radical (unpaired) electrons. The Balaban J connectivity index is 1.95. The quantitative estimate of drug-likeness (QED) is 0.822. The summed E-state index contributed by atoms with van der Waals surface area (Å²) in [4.78, 5) is 35.7. The summed E-state index contributed by atoms with van der Waals surface area (Å²) in [6.07, 6.45) is 1.96. The molecule has 6 nitrogen and oxygen atoms in total. The largest absolute Gasteiger partial charge is 0.481 e. The molecule has 0 saturated heterocycles. The Hall–Kier alpha value is -2.37. The van der Waals surface area contributed by atoms with Gasteiger partial charge >= 0.3 is 5.97 Å². The number of carbonyl (C=O) groups excluding carboxylic acids is 2. The summed E-state index contributed by atoms with van der Waals surface area (Å²) in [6, 6.07) is 6.68. The van der Waals surface area contributed by atoms with Gasteiger partial charge in [0.1, 0.15) is 0 Å². The summed E-state index contributed by atoms with van der Waals surface area (Å²) >= 11 is 0. The SMILES string of the molecule is CN(CCC(=O)O)C(=O)c1ccc(C(=O)NC2CC2)cc1. The predicted molar refractivity (Wildman–Crippen MR) is 76.1 cm³/mol. The van der Waals surface area contributed by atoms with Crippen molar-refractivity contribution in [3.63, 3.8) is 0 Å². The van der Waals surface area contributed by atoms with Crippen LogP contribution >= 0.6 is 0 Å². The minimum Gasteiger partial charge on any atom is -0.481 e. The molecule has 0 heterocycles. The van der Waals surface area contributed by atoms with Crippen molar-refractivity contribution < 1.29 is 19.5 Å². The van der Waals surface area contributed by atoms with Gasteiger partial charge < -0.3 is 15.3 Å². The first-order valence-electron chi connectivity index (χ1n) is 6.85. The minimum absolute atomic E-state index is 0.0931. The molecule has 1 aromatic rings. The number of carboxylic acid groups (broad SMARTS) is 1. The van der Waals surface area contributed by atoms with Gasteiger partial charge in [-0.15, -0.1) is 0 Å². The molecule has 112 valence electrons. The van der Waals surface area contributed by atoms with Gasteiger partial charge in [-0.05, 0) is 37.1 Å². The van der Waals surface area contributed by atoms with Crippen molar-refractivity contribution in [2.24, 2.45) is 0 Å². The Morgan fingerprint density at radius 3 is 2.29 bits per heavy atom. The van der Waals surface area contributed by atoms with Gasteiger partial charge in [0.25, 0.3) is 11.8 Å². The maximum Gasteiger partial charge on any atom is 0.305 e. The summed E-state index contributed by atoms with van der Waals surface area (Å²) in [5.41, 5.74) is 0.956. The van der Waals surface area contributed by atoms with Crippen molar-refractivity contribution >= 4 is 17.8 Å². The maximum atomic E-state index is 12.1. The highest BCUT2D eigenvalue weighted by Gasteiger charge is 2.23. The number of carbonyl (C=O) groups is 3. The summed E-state index contributed by atoms with van der Waals surface area (Å²) in [7, 11) is 1.55. The van der Waals surface area contributed by atoms with Crippen LogP contribution in [-0.2, 0) is 4.79 Å². The van der Waals surface area contributed by atoms with Crippen molar-refractivity contribution in [3.05, 3.63) is 35.4 Å². The second-order valence-electron chi connectivity index (χ2n) is 5.20. The Kier molecular flexibility index (Phi) is 4.57. The van der Waals surface area contributed by atoms with Crippen LogP contribution in [-0.4, -0.2) is 47.4 Å². The zero-order valence-corrected chi connectivity index (χ0v) is 11.8. The molecule has 2 N–H and O–H groups in total. The van der Waals surface area contributed by atoms with E-state index < -0.39 is 5.97 Å². The summed E-state index contributed by atoms with van der Waals surface area (Å²) in [6.45, 7) is 0.151. The van der Waals surface area contributed by atoms with Crippen LogP contribution in [0.25, 0.3) is 0 Å². The third-order valence-electron chi connectivity index (χ3n) is 3.31. The van der Waals surface area contributed by atoms with Crippen LogP contribution in [0.5, 0.6) is 0 Å². The number of nitrogens with one attached hydrogen (secondary N) is 1. The van der Waals surface area contributed by atoms with Crippen molar-refractivity contribution in [2.75, 3.05) is 13.6 Å². The molecule has 0 atom stereocenters. The zero-order chi connectivity index (χ0) is 15.4. The molecule has 1 fully saturated rings. The number of hydrogen-bond donors (Lipinski definition) is 2. The molecule has 0 unspecified atom stereocenters. The second-order valence-corrected chi connectivity index (χ2v) is 5.20. The Morgan fingerprint density at radius 2 is 1.76 bits per heavy atom. The van der Waals surface area contributed by atoms with E-state index in [-0.39, 0.29) is 24.8 Å². The van der Waals surface area contributed by atoms with E-state index in [9.17, 15) is 14.4 Å². The van der Waals surface area contributed by atoms with E-state index >= 15 is 0 Å². The highest BCUT2D eigenvalue weighted by Crippen LogP contribution is 2.19. The second kappa shape index (κ2) is 6.39. The molecular formula is C15H18N2O4. The zero-order valence-electron chi connectivity index (χ0n) is 11.8. The van der Waals surface area contributed by atoms with Gasteiger partial charge in [0.15, 0.2) is 0 Å². The Bertz CT molecular complexity index is 549. The molecule has 2 rings (SSSR count). The average molecular weight is 290 g/mol. The van der Waals surface area contributed by atoms with Crippen LogP contribution in [0.3, 0.4) is 0 Å². The van der Waals surface area contributed by atoms with Crippen LogP contribution in [0.2, 0.25) is 0 Å². The van der Waals surface area contributed by atoms with E-state index in [1.54, 1.807) is 31.3 Å². The van der Waals surface area contributed by atoms with Crippen LogP contribution < -0.4 is 5.32 Å². The predicted octanol–water partition coefficient (Wildman–Crippen LogP) is 1.13. The lowest BCUT2D eigenvalue weighted by molar-refractivity contribution is -0.137. The molecule has 0 aromatic heterocycles. The summed E-state index contributed by atoms with van der Waals surface area (Å²) in [5, 5.41) is 11.5. The highest BCUT2D eigenvalue weighted by atomic mass is 16.4. The van der Waals surface area contributed by atoms with E-state index in [1.807, 2.05) is 0 Å². The van der Waals surface area contributed by atoms with Gasteiger partial charge in [0.05, 0.1) is 6.42 Å². The molecule has 1 saturated carbocycles. The van der Waals surface area contributed by atoms with E-state index in [0.717, 1.165) is 12.8 Å². The lowest BCUT2D eigenvalue weighted by atomic mass is 10.1. The lowest BCUT2D eigenvalue weighted by Crippen LogP contribution is -2.29. The first-order chi connectivity index (χ1) is 9.97. The fourth-order valence-electron chi connectivity index (χ4n) is 1.85. The molecule has 21 heavy (non-hydrogen) atoms. The normalized spacial score (nSPS) is 13.6. The van der Waals surface area contributed by atoms with Gasteiger partial charge in [-0.2, -0.15) is 0 Å². The number of nitrogens with zero attached hydrogens (tertiary/aromatic N) is 1. The first kappa shape index (κ1) is 15.0. The van der Waals surface area contributed by atoms with E-state index in [2.05, 4.69) is 5.32 Å². The van der Waals surface area contributed by atoms with Crippen molar-refractivity contribution in [3.8, 4) is 0 Å². The average Bonchev–Trinajstić information content (AvgIpc) is 3.28. The van der Waals surface area contributed by atoms with Crippen molar-refractivity contribution in [1.29, 1.82) is 0 Å². The molecule has 1 aliphatic rings. The van der Waals surface area contributed by atoms with Gasteiger partial charge in [-0.25, -0.2) is 0 Å². The Morgan fingerprint density at radius 1 is 1.19 bits per heavy atom. The molecule has 0 bridgehead atoms. The third kappa shape index (κ3) is 4.30. The van der Waals surface area contributed by atoms with Crippen LogP contribution in [0.4, 0.5) is 0 Å². The third-order valence-corrected chi connectivity index (χ3v) is 3.31. The number of rotatable bonds is 6. The molecule has 6 heteroatoms. The van der Waals surface area contributed by atoms with Gasteiger partial charge in [0, 0.05) is 30.8 Å². The summed E-state index contributed by atoms with van der Waals surface area (Å²) in [5.74, 6) is -1.33. The lowest BCUT2D eigenvalue weighted by Gasteiger charge is -2.16. The molecule has 0 aliphatic heterocycles. The molecule has 2 amide bonds. The fraction of sp³-hybridized carbons (Fsp3) is 0.400. The number of amides is 2. The maximum absolute atomic E-state index is 12.1. The van der Waals surface area contributed by atoms with Crippen molar-refractivity contribution in [2.45, 2.75) is 25.3 Å². The standard InChI is InChI=1S/C15H18N2O4/c1-17(9-8-13(18)19)15(21)11-4-2-10(3-5-11)14(20)16-12-6-7-12/h2-5,12H,6-9H2,1H3,(H,16,20)(H,18,19). The van der Waals surface area contributed by atoms with E-state index in [1.165, 1.54) is 4.90 Å². The smallest absolute Gasteiger partial charge is 0.305 e. The Labute approximate surface area is 122 Å². The van der Waals surface area contributed by atoms with Crippen LogP contribution in [0.1, 0.15) is 40.0 Å². The molecular weight excluding hydrogens is 272 g/mol. The summed E-state index contributed by atoms with van der Waals surface area (Å²) < 4.78 is 0. The highest BCUT2D eigenvalue weighted by molar-refractivity contribution is 5.98. The van der Waals surface area contributed by atoms with Crippen LogP contribution in [0.15, 0.2) is 24.3 Å². The van der Waals surface area contributed by atoms with Gasteiger partial charge in [-0.1, -0.05) is 0 Å². The number of aliphatic carboxylic acids is 1. The fourth-order valence-corrected chi connectivity index (χ4v) is 1.85. The number of hydrogen-bond acceptors (Lipinski definition) is 3. The molecule has 1 aliphatic carbocycles. The topological polar surface area (TPSA) is 86.7 Å².